The molecule has 0 atom stereocenters. The van der Waals surface area contributed by atoms with Crippen LogP contribution in [0.3, 0.4) is 0 Å². The van der Waals surface area contributed by atoms with Crippen LogP contribution in [0.2, 0.25) is 0 Å². The van der Waals surface area contributed by atoms with E-state index in [0.717, 1.165) is 14.2 Å². The molecule has 1 aromatic carbocycles. The number of para-hydroxylation sites is 1. The van der Waals surface area contributed by atoms with E-state index < -0.39 is 23.5 Å². The lowest BCUT2D eigenvalue weighted by molar-refractivity contribution is -0.154. The van der Waals surface area contributed by atoms with Crippen molar-refractivity contribution in [2.24, 2.45) is 0 Å². The van der Waals surface area contributed by atoms with Gasteiger partial charge in [-0.1, -0.05) is 18.2 Å². The lowest BCUT2D eigenvalue weighted by Gasteiger charge is -2.11. The van der Waals surface area contributed by atoms with Crippen LogP contribution in [-0.2, 0) is 19.1 Å². The summed E-state index contributed by atoms with van der Waals surface area (Å²) < 4.78 is 14.2. The summed E-state index contributed by atoms with van der Waals surface area (Å²) in [7, 11) is 2.25. The van der Waals surface area contributed by atoms with E-state index in [4.69, 9.17) is 4.42 Å². The Bertz CT molecular complexity index is 699. The first-order valence-corrected chi connectivity index (χ1v) is 5.77. The SMILES string of the molecule is COC(=O)C(C(=O)OC)c1cc2ccccc2oc1=O. The molecule has 0 fully saturated rings. The van der Waals surface area contributed by atoms with Crippen molar-refractivity contribution in [2.75, 3.05) is 14.2 Å². The Balaban J connectivity index is 2.64. The van der Waals surface area contributed by atoms with Crippen LogP contribution < -0.4 is 5.63 Å². The van der Waals surface area contributed by atoms with Gasteiger partial charge in [-0.3, -0.25) is 9.59 Å². The van der Waals surface area contributed by atoms with E-state index in [1.54, 1.807) is 24.3 Å². The van der Waals surface area contributed by atoms with E-state index in [9.17, 15) is 14.4 Å². The van der Waals surface area contributed by atoms with Crippen LogP contribution in [0.15, 0.2) is 39.5 Å². The topological polar surface area (TPSA) is 82.8 Å². The van der Waals surface area contributed by atoms with Crippen LogP contribution >= 0.6 is 0 Å². The van der Waals surface area contributed by atoms with Crippen LogP contribution in [0.5, 0.6) is 0 Å². The van der Waals surface area contributed by atoms with Gasteiger partial charge in [0, 0.05) is 5.39 Å². The molecule has 20 heavy (non-hydrogen) atoms. The number of carbonyl (C=O) groups is 2. The second-order valence-corrected chi connectivity index (χ2v) is 4.01. The smallest absolute Gasteiger partial charge is 0.340 e. The van der Waals surface area contributed by atoms with E-state index in [0.29, 0.717) is 11.0 Å². The largest absolute Gasteiger partial charge is 0.468 e. The van der Waals surface area contributed by atoms with Crippen LogP contribution in [0, 0.1) is 0 Å². The summed E-state index contributed by atoms with van der Waals surface area (Å²) in [6, 6.07) is 8.21. The number of hydrogen-bond acceptors (Lipinski definition) is 6. The number of ether oxygens (including phenoxy) is 2. The number of esters is 2. The predicted octanol–water partition coefficient (Wildman–Crippen LogP) is 1.22. The first kappa shape index (κ1) is 13.8. The molecule has 0 N–H and O–H groups in total. The second kappa shape index (κ2) is 5.56. The van der Waals surface area contributed by atoms with Crippen molar-refractivity contribution >= 4 is 22.9 Å². The molecule has 104 valence electrons. The van der Waals surface area contributed by atoms with E-state index in [2.05, 4.69) is 9.47 Å². The van der Waals surface area contributed by atoms with Gasteiger partial charge in [0.15, 0.2) is 5.92 Å². The molecule has 0 saturated carbocycles. The summed E-state index contributed by atoms with van der Waals surface area (Å²) in [5.74, 6) is -3.20. The highest BCUT2D eigenvalue weighted by molar-refractivity contribution is 6.01. The molecule has 0 radical (unpaired) electrons. The fourth-order valence-electron chi connectivity index (χ4n) is 1.87. The van der Waals surface area contributed by atoms with Gasteiger partial charge in [0.25, 0.3) is 0 Å². The zero-order chi connectivity index (χ0) is 14.7. The van der Waals surface area contributed by atoms with E-state index in [1.807, 2.05) is 0 Å². The third-order valence-electron chi connectivity index (χ3n) is 2.85. The second-order valence-electron chi connectivity index (χ2n) is 4.01. The molecule has 1 aromatic heterocycles. The summed E-state index contributed by atoms with van der Waals surface area (Å²) in [4.78, 5) is 35.3. The number of methoxy groups -OCH3 is 2. The number of rotatable bonds is 3. The van der Waals surface area contributed by atoms with Gasteiger partial charge in [-0.25, -0.2) is 4.79 Å². The van der Waals surface area contributed by atoms with Crippen molar-refractivity contribution in [3.63, 3.8) is 0 Å². The van der Waals surface area contributed by atoms with Crippen LogP contribution in [0.1, 0.15) is 11.5 Å². The Kier molecular flexibility index (Phi) is 3.84. The molecule has 0 bridgehead atoms. The number of fused-ring (bicyclic) bond motifs is 1. The maximum absolute atomic E-state index is 11.9. The quantitative estimate of drug-likeness (QED) is 0.476. The maximum Gasteiger partial charge on any atom is 0.340 e. The third kappa shape index (κ3) is 2.40. The van der Waals surface area contributed by atoms with Gasteiger partial charge in [-0.2, -0.15) is 0 Å². The molecular formula is C14H12O6. The van der Waals surface area contributed by atoms with Crippen molar-refractivity contribution in [2.45, 2.75) is 5.92 Å². The van der Waals surface area contributed by atoms with Gasteiger partial charge >= 0.3 is 17.6 Å². The van der Waals surface area contributed by atoms with Crippen LogP contribution in [0.4, 0.5) is 0 Å². The summed E-state index contributed by atoms with van der Waals surface area (Å²) in [6.07, 6.45) is 0. The van der Waals surface area contributed by atoms with Gasteiger partial charge in [0.2, 0.25) is 0 Å². The predicted molar refractivity (Wildman–Crippen MR) is 69.3 cm³/mol. The van der Waals surface area contributed by atoms with Gasteiger partial charge in [-0.15, -0.1) is 0 Å². The standard InChI is InChI=1S/C14H12O6/c1-18-13(16)11(14(17)19-2)9-7-8-5-3-4-6-10(8)20-12(9)15/h3-7,11H,1-2H3. The van der Waals surface area contributed by atoms with Crippen LogP contribution in [-0.4, -0.2) is 26.2 Å². The normalized spacial score (nSPS) is 10.6. The average Bonchev–Trinajstić information content (AvgIpc) is 2.47. The lowest BCUT2D eigenvalue weighted by Crippen LogP contribution is -2.28. The molecule has 0 aliphatic rings. The van der Waals surface area contributed by atoms with Gasteiger partial charge in [0.05, 0.1) is 19.8 Å². The highest BCUT2D eigenvalue weighted by Gasteiger charge is 2.33. The zero-order valence-corrected chi connectivity index (χ0v) is 10.9. The van der Waals surface area contributed by atoms with Crippen molar-refractivity contribution in [3.05, 3.63) is 46.3 Å². The molecule has 1 heterocycles. The third-order valence-corrected chi connectivity index (χ3v) is 2.85. The van der Waals surface area contributed by atoms with Crippen molar-refractivity contribution in [1.82, 2.24) is 0 Å². The minimum atomic E-state index is -1.45. The zero-order valence-electron chi connectivity index (χ0n) is 10.9. The minimum Gasteiger partial charge on any atom is -0.468 e. The van der Waals surface area contributed by atoms with Crippen molar-refractivity contribution < 1.29 is 23.5 Å². The van der Waals surface area contributed by atoms with Crippen molar-refractivity contribution in [1.29, 1.82) is 0 Å². The Morgan fingerprint density at radius 1 is 1.10 bits per heavy atom. The average molecular weight is 276 g/mol. The molecule has 0 amide bonds. The monoisotopic (exact) mass is 276 g/mol. The highest BCUT2D eigenvalue weighted by atomic mass is 16.5. The molecule has 2 aromatic rings. The fourth-order valence-corrected chi connectivity index (χ4v) is 1.87. The molecule has 0 unspecified atom stereocenters. The van der Waals surface area contributed by atoms with E-state index in [-0.39, 0.29) is 5.56 Å². The number of benzene rings is 1. The number of hydrogen-bond donors (Lipinski definition) is 0. The Hall–Kier alpha value is -2.63. The summed E-state index contributed by atoms with van der Waals surface area (Å²) >= 11 is 0. The number of carbonyl (C=O) groups excluding carboxylic acids is 2. The van der Waals surface area contributed by atoms with Crippen molar-refractivity contribution in [3.8, 4) is 0 Å². The van der Waals surface area contributed by atoms with Gasteiger partial charge in [-0.05, 0) is 12.1 Å². The summed E-state index contributed by atoms with van der Waals surface area (Å²) in [5.41, 5.74) is -0.512. The summed E-state index contributed by atoms with van der Waals surface area (Å²) in [5, 5.41) is 0.597. The Morgan fingerprint density at radius 2 is 1.70 bits per heavy atom. The van der Waals surface area contributed by atoms with Crippen LogP contribution in [0.25, 0.3) is 11.0 Å². The molecule has 2 rings (SSSR count). The van der Waals surface area contributed by atoms with Gasteiger partial charge in [0.1, 0.15) is 5.58 Å². The minimum absolute atomic E-state index is 0.109. The van der Waals surface area contributed by atoms with Gasteiger partial charge < -0.3 is 13.9 Å². The van der Waals surface area contributed by atoms with E-state index in [1.165, 1.54) is 6.07 Å². The first-order chi connectivity index (χ1) is 9.58. The maximum atomic E-state index is 11.9. The molecule has 0 aliphatic heterocycles. The highest BCUT2D eigenvalue weighted by Crippen LogP contribution is 2.20. The van der Waals surface area contributed by atoms with E-state index >= 15 is 0 Å². The Morgan fingerprint density at radius 3 is 2.30 bits per heavy atom. The molecule has 6 nitrogen and oxygen atoms in total. The lowest BCUT2D eigenvalue weighted by atomic mass is 10.00. The first-order valence-electron chi connectivity index (χ1n) is 5.77. The molecule has 6 heteroatoms. The Labute approximate surface area is 113 Å². The molecule has 0 spiro atoms. The fraction of sp³-hybridized carbons (Fsp3) is 0.214. The molecule has 0 saturated heterocycles. The summed E-state index contributed by atoms with van der Waals surface area (Å²) in [6.45, 7) is 0. The molecule has 0 aliphatic carbocycles. The molecular weight excluding hydrogens is 264 g/mol.